The standard InChI is InChI=1S/C22H18BrNO6/c1-29-9-8-24-19(12-2-5-15(25)6-3-12)18(21(27)22(24)28)20(26)17-11-13-10-14(23)4-7-16(13)30-17/h2-7,10-11,19,25,27H,8-9H2,1H3. The van der Waals surface area contributed by atoms with Crippen LogP contribution in [0.1, 0.15) is 22.2 Å². The number of phenols is 1. The fraction of sp³-hybridized carbons (Fsp3) is 0.182. The van der Waals surface area contributed by atoms with Crippen molar-refractivity contribution in [1.82, 2.24) is 4.90 Å². The molecule has 0 radical (unpaired) electrons. The Morgan fingerprint density at radius 2 is 1.90 bits per heavy atom. The Hall–Kier alpha value is -3.10. The molecule has 7 nitrogen and oxygen atoms in total. The Kier molecular flexibility index (Phi) is 5.36. The van der Waals surface area contributed by atoms with E-state index in [0.29, 0.717) is 11.1 Å². The number of carbonyl (C=O) groups is 2. The highest BCUT2D eigenvalue weighted by molar-refractivity contribution is 9.10. The van der Waals surface area contributed by atoms with Gasteiger partial charge in [0.2, 0.25) is 5.78 Å². The lowest BCUT2D eigenvalue weighted by Gasteiger charge is -2.26. The molecule has 1 aliphatic rings. The van der Waals surface area contributed by atoms with Gasteiger partial charge < -0.3 is 24.3 Å². The number of carbonyl (C=O) groups excluding carboxylic acids is 2. The van der Waals surface area contributed by atoms with E-state index >= 15 is 0 Å². The molecule has 0 saturated heterocycles. The summed E-state index contributed by atoms with van der Waals surface area (Å²) in [5.41, 5.74) is 1.02. The number of benzene rings is 2. The highest BCUT2D eigenvalue weighted by Crippen LogP contribution is 2.40. The minimum atomic E-state index is -0.833. The van der Waals surface area contributed by atoms with E-state index in [-0.39, 0.29) is 30.2 Å². The molecule has 0 spiro atoms. The lowest BCUT2D eigenvalue weighted by Crippen LogP contribution is -2.33. The number of methoxy groups -OCH3 is 1. The molecular weight excluding hydrogens is 454 g/mol. The van der Waals surface area contributed by atoms with Crippen molar-refractivity contribution in [3.8, 4) is 5.75 Å². The Labute approximate surface area is 180 Å². The second-order valence-corrected chi connectivity index (χ2v) is 7.79. The third-order valence-electron chi connectivity index (χ3n) is 5.00. The number of aliphatic hydroxyl groups is 1. The van der Waals surface area contributed by atoms with E-state index in [0.717, 1.165) is 9.86 Å². The van der Waals surface area contributed by atoms with Crippen LogP contribution in [0, 0.1) is 0 Å². The van der Waals surface area contributed by atoms with E-state index in [9.17, 15) is 19.8 Å². The van der Waals surface area contributed by atoms with Crippen LogP contribution in [0.3, 0.4) is 0 Å². The van der Waals surface area contributed by atoms with Crippen molar-refractivity contribution in [2.75, 3.05) is 20.3 Å². The van der Waals surface area contributed by atoms with Crippen molar-refractivity contribution in [3.05, 3.63) is 75.7 Å². The van der Waals surface area contributed by atoms with Crippen LogP contribution in [0.15, 0.2) is 68.8 Å². The first-order valence-electron chi connectivity index (χ1n) is 9.16. The Balaban J connectivity index is 1.79. The van der Waals surface area contributed by atoms with E-state index in [4.69, 9.17) is 9.15 Å². The summed E-state index contributed by atoms with van der Waals surface area (Å²) in [6.07, 6.45) is 0. The summed E-state index contributed by atoms with van der Waals surface area (Å²) in [6.45, 7) is 0.405. The third kappa shape index (κ3) is 3.48. The number of ketones is 1. The van der Waals surface area contributed by atoms with Crippen LogP contribution >= 0.6 is 15.9 Å². The second kappa shape index (κ2) is 7.97. The molecule has 2 aromatic carbocycles. The molecule has 4 rings (SSSR count). The molecule has 154 valence electrons. The van der Waals surface area contributed by atoms with Gasteiger partial charge in [0.05, 0.1) is 18.2 Å². The summed E-state index contributed by atoms with van der Waals surface area (Å²) < 4.78 is 11.6. The number of rotatable bonds is 6. The van der Waals surface area contributed by atoms with Crippen molar-refractivity contribution in [2.45, 2.75) is 6.04 Å². The maximum Gasteiger partial charge on any atom is 0.290 e. The van der Waals surface area contributed by atoms with Gasteiger partial charge in [-0.05, 0) is 42.0 Å². The summed E-state index contributed by atoms with van der Waals surface area (Å²) in [5.74, 6) is -1.78. The smallest absolute Gasteiger partial charge is 0.290 e. The number of aromatic hydroxyl groups is 1. The predicted molar refractivity (Wildman–Crippen MR) is 112 cm³/mol. The Morgan fingerprint density at radius 1 is 1.17 bits per heavy atom. The molecule has 1 aromatic heterocycles. The lowest BCUT2D eigenvalue weighted by molar-refractivity contribution is -0.130. The number of hydrogen-bond acceptors (Lipinski definition) is 6. The van der Waals surface area contributed by atoms with E-state index in [1.54, 1.807) is 30.3 Å². The first-order chi connectivity index (χ1) is 14.4. The summed E-state index contributed by atoms with van der Waals surface area (Å²) >= 11 is 3.38. The van der Waals surface area contributed by atoms with E-state index in [1.165, 1.54) is 24.1 Å². The number of Topliss-reactive ketones (excluding diaryl/α,β-unsaturated/α-hetero) is 1. The molecule has 2 N–H and O–H groups in total. The zero-order chi connectivity index (χ0) is 21.4. The van der Waals surface area contributed by atoms with Crippen LogP contribution in [0.25, 0.3) is 11.0 Å². The number of nitrogens with zero attached hydrogens (tertiary/aromatic N) is 1. The number of furan rings is 1. The van der Waals surface area contributed by atoms with Gasteiger partial charge in [0, 0.05) is 23.5 Å². The summed E-state index contributed by atoms with van der Waals surface area (Å²) in [6, 6.07) is 12.2. The number of fused-ring (bicyclic) bond motifs is 1. The van der Waals surface area contributed by atoms with Gasteiger partial charge in [-0.2, -0.15) is 0 Å². The van der Waals surface area contributed by atoms with Gasteiger partial charge in [-0.15, -0.1) is 0 Å². The first kappa shape index (κ1) is 20.2. The minimum Gasteiger partial charge on any atom is -0.508 e. The van der Waals surface area contributed by atoms with E-state index in [2.05, 4.69) is 15.9 Å². The van der Waals surface area contributed by atoms with Gasteiger partial charge in [0.25, 0.3) is 5.91 Å². The summed E-state index contributed by atoms with van der Waals surface area (Å²) in [7, 11) is 1.50. The first-order valence-corrected chi connectivity index (χ1v) is 9.95. The Bertz CT molecular complexity index is 1160. The highest BCUT2D eigenvalue weighted by atomic mass is 79.9. The molecule has 0 saturated carbocycles. The van der Waals surface area contributed by atoms with Crippen molar-refractivity contribution in [3.63, 3.8) is 0 Å². The van der Waals surface area contributed by atoms with Crippen molar-refractivity contribution < 1.29 is 29.0 Å². The van der Waals surface area contributed by atoms with E-state index < -0.39 is 23.5 Å². The molecule has 30 heavy (non-hydrogen) atoms. The monoisotopic (exact) mass is 471 g/mol. The largest absolute Gasteiger partial charge is 0.508 e. The number of hydrogen-bond donors (Lipinski definition) is 2. The number of amides is 1. The molecule has 0 bridgehead atoms. The average molecular weight is 472 g/mol. The number of halogens is 1. The molecule has 1 unspecified atom stereocenters. The predicted octanol–water partition coefficient (Wildman–Crippen LogP) is 4.13. The normalized spacial score (nSPS) is 16.7. The maximum atomic E-state index is 13.3. The fourth-order valence-electron chi connectivity index (χ4n) is 3.57. The molecule has 1 aliphatic heterocycles. The van der Waals surface area contributed by atoms with Crippen LogP contribution in [0.5, 0.6) is 5.75 Å². The van der Waals surface area contributed by atoms with Crippen LogP contribution in [0.2, 0.25) is 0 Å². The molecule has 1 atom stereocenters. The van der Waals surface area contributed by atoms with Gasteiger partial charge in [-0.1, -0.05) is 28.1 Å². The number of ether oxygens (including phenoxy) is 1. The zero-order valence-electron chi connectivity index (χ0n) is 16.0. The fourth-order valence-corrected chi connectivity index (χ4v) is 3.95. The number of phenolic OH excluding ortho intramolecular Hbond substituents is 1. The van der Waals surface area contributed by atoms with Gasteiger partial charge in [-0.25, -0.2) is 0 Å². The van der Waals surface area contributed by atoms with Crippen LogP contribution < -0.4 is 0 Å². The maximum absolute atomic E-state index is 13.3. The Morgan fingerprint density at radius 3 is 2.60 bits per heavy atom. The highest BCUT2D eigenvalue weighted by Gasteiger charge is 2.44. The van der Waals surface area contributed by atoms with E-state index in [1.807, 2.05) is 6.07 Å². The van der Waals surface area contributed by atoms with Gasteiger partial charge in [0.1, 0.15) is 11.3 Å². The van der Waals surface area contributed by atoms with Crippen LogP contribution in [-0.4, -0.2) is 47.1 Å². The molecule has 1 amide bonds. The van der Waals surface area contributed by atoms with Crippen LogP contribution in [-0.2, 0) is 9.53 Å². The number of aliphatic hydroxyl groups excluding tert-OH is 1. The summed E-state index contributed by atoms with van der Waals surface area (Å²) in [5, 5.41) is 20.9. The van der Waals surface area contributed by atoms with Crippen molar-refractivity contribution in [1.29, 1.82) is 0 Å². The SMILES string of the molecule is COCCN1C(=O)C(O)=C(C(=O)c2cc3cc(Br)ccc3o2)C1c1ccc(O)cc1. The van der Waals surface area contributed by atoms with Gasteiger partial charge in [0.15, 0.2) is 11.5 Å². The average Bonchev–Trinajstić information content (AvgIpc) is 3.26. The van der Waals surface area contributed by atoms with Gasteiger partial charge >= 0.3 is 0 Å². The van der Waals surface area contributed by atoms with Crippen LogP contribution in [0.4, 0.5) is 0 Å². The lowest BCUT2D eigenvalue weighted by atomic mass is 9.95. The van der Waals surface area contributed by atoms with Crippen molar-refractivity contribution >= 4 is 38.6 Å². The van der Waals surface area contributed by atoms with Crippen molar-refractivity contribution in [2.24, 2.45) is 0 Å². The quantitative estimate of drug-likeness (QED) is 0.524. The molecule has 3 aromatic rings. The molecular formula is C22H18BrNO6. The molecule has 0 fully saturated rings. The molecule has 2 heterocycles. The molecule has 0 aliphatic carbocycles. The third-order valence-corrected chi connectivity index (χ3v) is 5.49. The second-order valence-electron chi connectivity index (χ2n) is 6.87. The minimum absolute atomic E-state index is 0.0230. The zero-order valence-corrected chi connectivity index (χ0v) is 17.5. The topological polar surface area (TPSA) is 100 Å². The molecule has 8 heteroatoms. The van der Waals surface area contributed by atoms with Gasteiger partial charge in [-0.3, -0.25) is 9.59 Å². The summed E-state index contributed by atoms with van der Waals surface area (Å²) in [4.78, 5) is 27.5.